The molecule has 0 bridgehead atoms. The van der Waals surface area contributed by atoms with Crippen molar-refractivity contribution in [3.8, 4) is 11.5 Å². The second kappa shape index (κ2) is 6.92. The predicted molar refractivity (Wildman–Crippen MR) is 99.2 cm³/mol. The van der Waals surface area contributed by atoms with Crippen LogP contribution in [0.2, 0.25) is 0 Å². The third-order valence-electron chi connectivity index (χ3n) is 2.18. The third kappa shape index (κ3) is 3.86. The van der Waals surface area contributed by atoms with E-state index in [4.69, 9.17) is 4.74 Å². The fraction of sp³-hybridized carbons (Fsp3) is 0. The number of halogens is 6. The Morgan fingerprint density at radius 3 is 1.74 bits per heavy atom. The topological polar surface area (TPSA) is 9.23 Å². The monoisotopic (exact) mass is 638 g/mol. The molecule has 0 unspecified atom stereocenters. The average Bonchev–Trinajstić information content (AvgIpc) is 2.36. The molecule has 0 saturated heterocycles. The van der Waals surface area contributed by atoms with E-state index < -0.39 is 0 Å². The fourth-order valence-corrected chi connectivity index (χ4v) is 4.10. The van der Waals surface area contributed by atoms with Gasteiger partial charge in [-0.2, -0.15) is 0 Å². The van der Waals surface area contributed by atoms with Gasteiger partial charge in [-0.05, 0) is 120 Å². The van der Waals surface area contributed by atoms with Crippen LogP contribution >= 0.6 is 95.6 Å². The van der Waals surface area contributed by atoms with Crippen LogP contribution in [0.4, 0.5) is 0 Å². The molecule has 0 amide bonds. The number of hydrogen-bond donors (Lipinski definition) is 0. The Kier molecular flexibility index (Phi) is 6.01. The van der Waals surface area contributed by atoms with E-state index in [9.17, 15) is 0 Å². The van der Waals surface area contributed by atoms with Gasteiger partial charge < -0.3 is 4.74 Å². The number of hydrogen-bond acceptors (Lipinski definition) is 1. The van der Waals surface area contributed by atoms with Crippen molar-refractivity contribution in [1.29, 1.82) is 0 Å². The normalized spacial score (nSPS) is 10.6. The molecule has 0 aromatic heterocycles. The van der Waals surface area contributed by atoms with Crippen LogP contribution < -0.4 is 4.74 Å². The van der Waals surface area contributed by atoms with E-state index in [1.165, 1.54) is 0 Å². The Morgan fingerprint density at radius 1 is 0.632 bits per heavy atom. The Morgan fingerprint density at radius 2 is 1.16 bits per heavy atom. The second-order valence-electron chi connectivity index (χ2n) is 3.48. The van der Waals surface area contributed by atoms with Crippen molar-refractivity contribution in [1.82, 2.24) is 0 Å². The highest BCUT2D eigenvalue weighted by molar-refractivity contribution is 9.14. The van der Waals surface area contributed by atoms with E-state index in [-0.39, 0.29) is 0 Å². The molecule has 0 radical (unpaired) electrons. The Balaban J connectivity index is 2.45. The van der Waals surface area contributed by atoms with E-state index >= 15 is 0 Å². The molecule has 0 aliphatic carbocycles. The van der Waals surface area contributed by atoms with Crippen LogP contribution in [0.15, 0.2) is 51.1 Å². The summed E-state index contributed by atoms with van der Waals surface area (Å²) in [6.45, 7) is 0. The molecule has 19 heavy (non-hydrogen) atoms. The van der Waals surface area contributed by atoms with Crippen LogP contribution in [0.5, 0.6) is 11.5 Å². The first-order chi connectivity index (χ1) is 8.90. The molecular weight excluding hydrogens is 640 g/mol. The summed E-state index contributed by atoms with van der Waals surface area (Å²) < 4.78 is 11.4. The molecule has 0 aliphatic heterocycles. The van der Waals surface area contributed by atoms with Crippen molar-refractivity contribution in [3.05, 3.63) is 51.1 Å². The van der Waals surface area contributed by atoms with E-state index in [0.717, 1.165) is 38.3 Å². The third-order valence-corrected chi connectivity index (χ3v) is 7.95. The van der Waals surface area contributed by atoms with Crippen molar-refractivity contribution < 1.29 is 4.74 Å². The molecule has 100 valence electrons. The minimum atomic E-state index is 0.718. The lowest BCUT2D eigenvalue weighted by Gasteiger charge is -2.12. The zero-order chi connectivity index (χ0) is 14.2. The summed E-state index contributed by atoms with van der Waals surface area (Å²) in [7, 11) is 0. The summed E-state index contributed by atoms with van der Waals surface area (Å²) in [5.74, 6) is 1.44. The maximum absolute atomic E-state index is 5.93. The van der Waals surface area contributed by atoms with Gasteiger partial charge in [0.05, 0.1) is 8.95 Å². The molecular formula is C12H4Br6O. The van der Waals surface area contributed by atoms with Gasteiger partial charge in [-0.1, -0.05) is 0 Å². The standard InChI is InChI=1S/C12H4Br6O/c13-6-1-2-7(14)12(11(6)18)19-5-3-8(15)10(17)9(16)4-5/h1-4H. The SMILES string of the molecule is Brc1cc(Oc2c(Br)ccc(Br)c2Br)cc(Br)c1Br. The first-order valence-electron chi connectivity index (χ1n) is 4.86. The van der Waals surface area contributed by atoms with Crippen molar-refractivity contribution in [3.63, 3.8) is 0 Å². The van der Waals surface area contributed by atoms with Crippen molar-refractivity contribution in [2.75, 3.05) is 0 Å². The highest BCUT2D eigenvalue weighted by Crippen LogP contribution is 2.43. The Bertz CT molecular complexity index is 617. The molecule has 0 heterocycles. The molecule has 0 atom stereocenters. The quantitative estimate of drug-likeness (QED) is 0.238. The van der Waals surface area contributed by atoms with Gasteiger partial charge in [0.25, 0.3) is 0 Å². The molecule has 2 rings (SSSR count). The van der Waals surface area contributed by atoms with Crippen LogP contribution in [0.3, 0.4) is 0 Å². The summed E-state index contributed by atoms with van der Waals surface area (Å²) in [6.07, 6.45) is 0. The number of benzene rings is 2. The summed E-state index contributed by atoms with van der Waals surface area (Å²) in [5, 5.41) is 0. The van der Waals surface area contributed by atoms with Gasteiger partial charge in [-0.15, -0.1) is 0 Å². The lowest BCUT2D eigenvalue weighted by molar-refractivity contribution is 0.475. The maximum atomic E-state index is 5.93. The maximum Gasteiger partial charge on any atom is 0.156 e. The summed E-state index contributed by atoms with van der Waals surface area (Å²) >= 11 is 20.9. The lowest BCUT2D eigenvalue weighted by atomic mass is 10.3. The Hall–Kier alpha value is 1.12. The van der Waals surface area contributed by atoms with Crippen LogP contribution in [-0.4, -0.2) is 0 Å². The predicted octanol–water partition coefficient (Wildman–Crippen LogP) is 8.05. The summed E-state index contributed by atoms with van der Waals surface area (Å²) in [4.78, 5) is 0. The molecule has 7 heteroatoms. The van der Waals surface area contributed by atoms with Crippen LogP contribution in [0.25, 0.3) is 0 Å². The first-order valence-corrected chi connectivity index (χ1v) is 9.62. The second-order valence-corrected chi connectivity index (χ2v) is 8.48. The largest absolute Gasteiger partial charge is 0.455 e. The zero-order valence-electron chi connectivity index (χ0n) is 8.99. The van der Waals surface area contributed by atoms with Crippen LogP contribution in [0, 0.1) is 0 Å². The smallest absolute Gasteiger partial charge is 0.156 e. The van der Waals surface area contributed by atoms with Gasteiger partial charge >= 0.3 is 0 Å². The van der Waals surface area contributed by atoms with E-state index in [0.29, 0.717) is 0 Å². The molecule has 0 spiro atoms. The molecule has 2 aromatic carbocycles. The molecule has 0 saturated carbocycles. The van der Waals surface area contributed by atoms with Gasteiger partial charge in [0, 0.05) is 17.9 Å². The molecule has 0 N–H and O–H groups in total. The molecule has 2 aromatic rings. The summed E-state index contributed by atoms with van der Waals surface area (Å²) in [5.41, 5.74) is 0. The fourth-order valence-electron chi connectivity index (χ4n) is 1.31. The van der Waals surface area contributed by atoms with Crippen molar-refractivity contribution >= 4 is 95.6 Å². The number of rotatable bonds is 2. The van der Waals surface area contributed by atoms with Crippen molar-refractivity contribution in [2.24, 2.45) is 0 Å². The van der Waals surface area contributed by atoms with Crippen LogP contribution in [0.1, 0.15) is 0 Å². The van der Waals surface area contributed by atoms with Gasteiger partial charge in [0.2, 0.25) is 0 Å². The minimum Gasteiger partial charge on any atom is -0.455 e. The minimum absolute atomic E-state index is 0.718. The molecule has 1 nitrogen and oxygen atoms in total. The van der Waals surface area contributed by atoms with Crippen molar-refractivity contribution in [2.45, 2.75) is 0 Å². The van der Waals surface area contributed by atoms with E-state index in [2.05, 4.69) is 95.6 Å². The molecule has 0 aliphatic rings. The highest BCUT2D eigenvalue weighted by Gasteiger charge is 2.13. The highest BCUT2D eigenvalue weighted by atomic mass is 79.9. The average molecular weight is 644 g/mol. The Labute approximate surface area is 161 Å². The van der Waals surface area contributed by atoms with Crippen LogP contribution in [-0.2, 0) is 0 Å². The van der Waals surface area contributed by atoms with Gasteiger partial charge in [-0.25, -0.2) is 0 Å². The van der Waals surface area contributed by atoms with Gasteiger partial charge in [0.1, 0.15) is 5.75 Å². The van der Waals surface area contributed by atoms with E-state index in [1.54, 1.807) is 0 Å². The first kappa shape index (κ1) is 16.5. The van der Waals surface area contributed by atoms with Gasteiger partial charge in [0.15, 0.2) is 5.75 Å². The zero-order valence-corrected chi connectivity index (χ0v) is 18.5. The molecule has 0 fully saturated rings. The summed E-state index contributed by atoms with van der Waals surface area (Å²) in [6, 6.07) is 7.66. The van der Waals surface area contributed by atoms with E-state index in [1.807, 2.05) is 24.3 Å². The number of ether oxygens (including phenoxy) is 1. The lowest BCUT2D eigenvalue weighted by Crippen LogP contribution is -1.89. The van der Waals surface area contributed by atoms with Gasteiger partial charge in [-0.3, -0.25) is 0 Å².